The Bertz CT molecular complexity index is 537. The van der Waals surface area contributed by atoms with Gasteiger partial charge in [-0.15, -0.1) is 0 Å². The van der Waals surface area contributed by atoms with Gasteiger partial charge >= 0.3 is 0 Å². The molecule has 102 valence electrons. The summed E-state index contributed by atoms with van der Waals surface area (Å²) in [4.78, 5) is 0. The van der Waals surface area contributed by atoms with Crippen molar-refractivity contribution < 1.29 is 4.42 Å². The van der Waals surface area contributed by atoms with Gasteiger partial charge in [-0.3, -0.25) is 0 Å². The first-order valence-electron chi connectivity index (χ1n) is 6.41. The van der Waals surface area contributed by atoms with E-state index in [0.717, 1.165) is 48.0 Å². The summed E-state index contributed by atoms with van der Waals surface area (Å²) in [6.45, 7) is 3.67. The van der Waals surface area contributed by atoms with Gasteiger partial charge in [0.2, 0.25) is 0 Å². The molecule has 0 aliphatic rings. The molecular formula is C15H17Cl2NO. The Morgan fingerprint density at radius 1 is 1.11 bits per heavy atom. The molecule has 0 saturated heterocycles. The van der Waals surface area contributed by atoms with Crippen molar-refractivity contribution in [3.63, 3.8) is 0 Å². The van der Waals surface area contributed by atoms with Gasteiger partial charge in [0.15, 0.2) is 0 Å². The van der Waals surface area contributed by atoms with Gasteiger partial charge in [-0.05, 0) is 42.8 Å². The van der Waals surface area contributed by atoms with Crippen LogP contribution in [0.2, 0.25) is 10.0 Å². The third kappa shape index (κ3) is 4.27. The van der Waals surface area contributed by atoms with Crippen LogP contribution in [0.4, 0.5) is 0 Å². The number of furan rings is 1. The third-order valence-corrected chi connectivity index (χ3v) is 3.54. The van der Waals surface area contributed by atoms with E-state index in [-0.39, 0.29) is 0 Å². The fourth-order valence-corrected chi connectivity index (χ4v) is 2.37. The maximum Gasteiger partial charge on any atom is 0.117 e. The highest BCUT2D eigenvalue weighted by atomic mass is 35.5. The predicted molar refractivity (Wildman–Crippen MR) is 80.0 cm³/mol. The summed E-state index contributed by atoms with van der Waals surface area (Å²) in [5.74, 6) is 2.00. The van der Waals surface area contributed by atoms with Crippen LogP contribution in [0.3, 0.4) is 0 Å². The zero-order chi connectivity index (χ0) is 13.7. The van der Waals surface area contributed by atoms with Crippen LogP contribution < -0.4 is 5.32 Å². The molecule has 0 aliphatic heterocycles. The standard InChI is InChI=1S/C15H17Cl2NO/c1-2-13-5-6-14(19-13)10-18-8-7-11-3-4-12(16)9-15(11)17/h3-6,9,18H,2,7-8,10H2,1H3. The minimum Gasteiger partial charge on any atom is -0.465 e. The second-order valence-corrected chi connectivity index (χ2v) is 5.23. The lowest BCUT2D eigenvalue weighted by molar-refractivity contribution is 0.451. The summed E-state index contributed by atoms with van der Waals surface area (Å²) in [5, 5.41) is 4.74. The Morgan fingerprint density at radius 3 is 2.58 bits per heavy atom. The molecule has 0 unspecified atom stereocenters. The molecule has 0 radical (unpaired) electrons. The average Bonchev–Trinajstić information content (AvgIpc) is 2.84. The van der Waals surface area contributed by atoms with E-state index < -0.39 is 0 Å². The molecule has 2 aromatic rings. The molecule has 2 rings (SSSR count). The van der Waals surface area contributed by atoms with E-state index in [4.69, 9.17) is 27.6 Å². The first kappa shape index (κ1) is 14.4. The van der Waals surface area contributed by atoms with Gasteiger partial charge in [-0.1, -0.05) is 36.2 Å². The molecule has 0 spiro atoms. The molecule has 0 fully saturated rings. The number of hydrogen-bond acceptors (Lipinski definition) is 2. The summed E-state index contributed by atoms with van der Waals surface area (Å²) in [6.07, 6.45) is 1.80. The van der Waals surface area contributed by atoms with Crippen molar-refractivity contribution in [1.29, 1.82) is 0 Å². The van der Waals surface area contributed by atoms with Crippen molar-refractivity contribution in [1.82, 2.24) is 5.32 Å². The highest BCUT2D eigenvalue weighted by molar-refractivity contribution is 6.35. The Labute approximate surface area is 123 Å². The van der Waals surface area contributed by atoms with Crippen LogP contribution in [0.15, 0.2) is 34.7 Å². The van der Waals surface area contributed by atoms with Gasteiger partial charge in [0.25, 0.3) is 0 Å². The van der Waals surface area contributed by atoms with Gasteiger partial charge in [-0.2, -0.15) is 0 Å². The molecule has 0 amide bonds. The van der Waals surface area contributed by atoms with Crippen LogP contribution >= 0.6 is 23.2 Å². The molecule has 0 atom stereocenters. The fourth-order valence-electron chi connectivity index (χ4n) is 1.87. The molecule has 0 saturated carbocycles. The normalized spacial score (nSPS) is 10.9. The summed E-state index contributed by atoms with van der Waals surface area (Å²) in [6, 6.07) is 9.64. The molecule has 19 heavy (non-hydrogen) atoms. The zero-order valence-corrected chi connectivity index (χ0v) is 12.4. The van der Waals surface area contributed by atoms with Crippen LogP contribution in [-0.2, 0) is 19.4 Å². The maximum atomic E-state index is 6.12. The maximum absolute atomic E-state index is 6.12. The zero-order valence-electron chi connectivity index (χ0n) is 10.9. The number of halogens is 2. The first-order chi connectivity index (χ1) is 9.19. The lowest BCUT2D eigenvalue weighted by Gasteiger charge is -2.05. The highest BCUT2D eigenvalue weighted by Gasteiger charge is 2.02. The number of nitrogens with one attached hydrogen (secondary N) is 1. The Kier molecular flexibility index (Phi) is 5.32. The predicted octanol–water partition coefficient (Wildman–Crippen LogP) is 4.48. The van der Waals surface area contributed by atoms with E-state index in [1.165, 1.54) is 0 Å². The summed E-state index contributed by atoms with van der Waals surface area (Å²) < 4.78 is 5.62. The number of benzene rings is 1. The van der Waals surface area contributed by atoms with Crippen molar-refractivity contribution in [2.24, 2.45) is 0 Å². The minimum absolute atomic E-state index is 0.671. The highest BCUT2D eigenvalue weighted by Crippen LogP contribution is 2.21. The lowest BCUT2D eigenvalue weighted by Crippen LogP contribution is -2.16. The number of hydrogen-bond donors (Lipinski definition) is 1. The number of aryl methyl sites for hydroxylation is 1. The quantitative estimate of drug-likeness (QED) is 0.795. The molecule has 0 aliphatic carbocycles. The average molecular weight is 298 g/mol. The molecule has 0 bridgehead atoms. The van der Waals surface area contributed by atoms with E-state index in [0.29, 0.717) is 5.02 Å². The fraction of sp³-hybridized carbons (Fsp3) is 0.333. The van der Waals surface area contributed by atoms with Crippen LogP contribution in [-0.4, -0.2) is 6.54 Å². The lowest BCUT2D eigenvalue weighted by atomic mass is 10.1. The largest absolute Gasteiger partial charge is 0.465 e. The monoisotopic (exact) mass is 297 g/mol. The molecule has 4 heteroatoms. The Hall–Kier alpha value is -0.960. The smallest absolute Gasteiger partial charge is 0.117 e. The van der Waals surface area contributed by atoms with Crippen LogP contribution in [0, 0.1) is 0 Å². The first-order valence-corrected chi connectivity index (χ1v) is 7.17. The second kappa shape index (κ2) is 6.99. The van der Waals surface area contributed by atoms with E-state index in [9.17, 15) is 0 Å². The SMILES string of the molecule is CCc1ccc(CNCCc2ccc(Cl)cc2Cl)o1. The van der Waals surface area contributed by atoms with Crippen LogP contribution in [0.1, 0.15) is 24.0 Å². The summed E-state index contributed by atoms with van der Waals surface area (Å²) >= 11 is 12.0. The van der Waals surface area contributed by atoms with Gasteiger partial charge in [0, 0.05) is 16.5 Å². The van der Waals surface area contributed by atoms with Gasteiger partial charge in [0.05, 0.1) is 6.54 Å². The molecule has 1 aromatic heterocycles. The molecule has 1 aromatic carbocycles. The van der Waals surface area contributed by atoms with Crippen molar-refractivity contribution in [3.8, 4) is 0 Å². The van der Waals surface area contributed by atoms with Crippen molar-refractivity contribution in [3.05, 3.63) is 57.5 Å². The van der Waals surface area contributed by atoms with Crippen molar-refractivity contribution >= 4 is 23.2 Å². The molecule has 1 heterocycles. The summed E-state index contributed by atoms with van der Waals surface area (Å²) in [7, 11) is 0. The molecule has 2 nitrogen and oxygen atoms in total. The number of rotatable bonds is 6. The van der Waals surface area contributed by atoms with E-state index in [1.807, 2.05) is 24.3 Å². The van der Waals surface area contributed by atoms with Gasteiger partial charge in [0.1, 0.15) is 11.5 Å². The van der Waals surface area contributed by atoms with Gasteiger partial charge < -0.3 is 9.73 Å². The summed E-state index contributed by atoms with van der Waals surface area (Å²) in [5.41, 5.74) is 1.10. The van der Waals surface area contributed by atoms with Gasteiger partial charge in [-0.25, -0.2) is 0 Å². The van der Waals surface area contributed by atoms with E-state index in [1.54, 1.807) is 6.07 Å². The Balaban J connectivity index is 1.77. The minimum atomic E-state index is 0.671. The molecule has 1 N–H and O–H groups in total. The van der Waals surface area contributed by atoms with Crippen LogP contribution in [0.25, 0.3) is 0 Å². The van der Waals surface area contributed by atoms with Crippen molar-refractivity contribution in [2.75, 3.05) is 6.54 Å². The third-order valence-electron chi connectivity index (χ3n) is 2.95. The second-order valence-electron chi connectivity index (χ2n) is 4.38. The molecular weight excluding hydrogens is 281 g/mol. The van der Waals surface area contributed by atoms with E-state index in [2.05, 4.69) is 12.2 Å². The van der Waals surface area contributed by atoms with Crippen molar-refractivity contribution in [2.45, 2.75) is 26.3 Å². The van der Waals surface area contributed by atoms with Crippen LogP contribution in [0.5, 0.6) is 0 Å². The van der Waals surface area contributed by atoms with E-state index >= 15 is 0 Å². The topological polar surface area (TPSA) is 25.2 Å². The Morgan fingerprint density at radius 2 is 1.89 bits per heavy atom.